The van der Waals surface area contributed by atoms with E-state index < -0.39 is 0 Å². The summed E-state index contributed by atoms with van der Waals surface area (Å²) in [6.45, 7) is 1.57. The summed E-state index contributed by atoms with van der Waals surface area (Å²) in [5, 5.41) is 0. The fourth-order valence-electron chi connectivity index (χ4n) is 3.52. The molecule has 0 unspecified atom stereocenters. The average Bonchev–Trinajstić information content (AvgIpc) is 2.49. The van der Waals surface area contributed by atoms with Crippen LogP contribution in [0.5, 0.6) is 0 Å². The standard InChI is InChI=1S/C19H20BN/c1-2-7-16(8-3-1)15-21-19-12-5-4-9-17(19)13-14-20(21)18-10-6-11-18/h1-5,7-9,12-14,18H,6,10-11,15H2. The van der Waals surface area contributed by atoms with E-state index >= 15 is 0 Å². The molecule has 0 saturated heterocycles. The summed E-state index contributed by atoms with van der Waals surface area (Å²) in [6.07, 6.45) is 6.47. The molecule has 0 atom stereocenters. The Labute approximate surface area is 127 Å². The Morgan fingerprint density at radius 3 is 2.48 bits per heavy atom. The maximum Gasteiger partial charge on any atom is 0.284 e. The molecule has 0 N–H and O–H groups in total. The van der Waals surface area contributed by atoms with E-state index in [2.05, 4.69) is 71.5 Å². The summed E-state index contributed by atoms with van der Waals surface area (Å²) in [7, 11) is 0. The molecule has 1 heterocycles. The molecule has 1 aliphatic carbocycles. The number of benzene rings is 2. The molecule has 104 valence electrons. The van der Waals surface area contributed by atoms with Crippen molar-refractivity contribution in [1.82, 2.24) is 0 Å². The summed E-state index contributed by atoms with van der Waals surface area (Å²) in [4.78, 5) is 2.61. The number of nitrogens with zero attached hydrogens (tertiary/aromatic N) is 1. The maximum atomic E-state index is 2.61. The van der Waals surface area contributed by atoms with E-state index in [1.807, 2.05) is 0 Å². The van der Waals surface area contributed by atoms with Gasteiger partial charge in [-0.3, -0.25) is 0 Å². The van der Waals surface area contributed by atoms with E-state index in [0.29, 0.717) is 6.85 Å². The third kappa shape index (κ3) is 2.39. The van der Waals surface area contributed by atoms with E-state index in [1.165, 1.54) is 36.1 Å². The third-order valence-corrected chi connectivity index (χ3v) is 4.91. The van der Waals surface area contributed by atoms with E-state index in [0.717, 1.165) is 12.4 Å². The largest absolute Gasteiger partial charge is 0.406 e. The summed E-state index contributed by atoms with van der Waals surface area (Å²) in [5.41, 5.74) is 4.14. The van der Waals surface area contributed by atoms with Crippen molar-refractivity contribution in [2.45, 2.75) is 31.6 Å². The van der Waals surface area contributed by atoms with E-state index in [9.17, 15) is 0 Å². The van der Waals surface area contributed by atoms with Gasteiger partial charge in [-0.05, 0) is 23.0 Å². The van der Waals surface area contributed by atoms with Gasteiger partial charge in [0, 0.05) is 12.2 Å². The van der Waals surface area contributed by atoms with Crippen molar-refractivity contribution in [3.05, 3.63) is 71.7 Å². The summed E-state index contributed by atoms with van der Waals surface area (Å²) < 4.78 is 0. The Bertz CT molecular complexity index is 646. The van der Waals surface area contributed by atoms with Crippen molar-refractivity contribution in [2.24, 2.45) is 0 Å². The van der Waals surface area contributed by atoms with Crippen molar-refractivity contribution >= 4 is 18.6 Å². The summed E-state index contributed by atoms with van der Waals surface area (Å²) in [6, 6.07) is 19.6. The van der Waals surface area contributed by atoms with Crippen LogP contribution in [-0.2, 0) is 6.54 Å². The van der Waals surface area contributed by atoms with Crippen molar-refractivity contribution in [1.29, 1.82) is 0 Å². The molecule has 0 spiro atoms. The van der Waals surface area contributed by atoms with Gasteiger partial charge in [-0.25, -0.2) is 0 Å². The first-order valence-electron chi connectivity index (χ1n) is 7.99. The molecule has 0 radical (unpaired) electrons. The second-order valence-corrected chi connectivity index (χ2v) is 6.21. The topological polar surface area (TPSA) is 3.24 Å². The van der Waals surface area contributed by atoms with Crippen LogP contribution >= 0.6 is 0 Å². The maximum absolute atomic E-state index is 2.61. The molecular formula is C19H20BN. The Hall–Kier alpha value is -1.96. The number of rotatable bonds is 3. The molecule has 0 amide bonds. The van der Waals surface area contributed by atoms with Gasteiger partial charge in [-0.2, -0.15) is 0 Å². The van der Waals surface area contributed by atoms with E-state index in [1.54, 1.807) is 0 Å². The van der Waals surface area contributed by atoms with Crippen LogP contribution in [0.4, 0.5) is 5.69 Å². The third-order valence-electron chi connectivity index (χ3n) is 4.91. The number of anilines is 1. The molecule has 0 aromatic heterocycles. The van der Waals surface area contributed by atoms with E-state index in [4.69, 9.17) is 0 Å². The minimum absolute atomic E-state index is 0.564. The molecular weight excluding hydrogens is 253 g/mol. The summed E-state index contributed by atoms with van der Waals surface area (Å²) in [5.74, 6) is 3.26. The number of hydrogen-bond acceptors (Lipinski definition) is 1. The predicted molar refractivity (Wildman–Crippen MR) is 91.5 cm³/mol. The monoisotopic (exact) mass is 273 g/mol. The highest BCUT2D eigenvalue weighted by molar-refractivity contribution is 6.71. The van der Waals surface area contributed by atoms with Crippen LogP contribution in [-0.4, -0.2) is 6.85 Å². The smallest absolute Gasteiger partial charge is 0.284 e. The lowest BCUT2D eigenvalue weighted by Gasteiger charge is -2.41. The van der Waals surface area contributed by atoms with Gasteiger partial charge in [0.2, 0.25) is 0 Å². The molecule has 2 aromatic carbocycles. The number of hydrogen-bond donors (Lipinski definition) is 0. The van der Waals surface area contributed by atoms with Gasteiger partial charge in [-0.15, -0.1) is 0 Å². The van der Waals surface area contributed by atoms with Crippen LogP contribution in [0.15, 0.2) is 60.6 Å². The number of fused-ring (bicyclic) bond motifs is 1. The molecule has 2 aliphatic rings. The molecule has 4 rings (SSSR count). The lowest BCUT2D eigenvalue weighted by molar-refractivity contribution is 0.492. The van der Waals surface area contributed by atoms with Gasteiger partial charge in [0.1, 0.15) is 0 Å². The zero-order valence-corrected chi connectivity index (χ0v) is 12.3. The highest BCUT2D eigenvalue weighted by Gasteiger charge is 2.36. The quantitative estimate of drug-likeness (QED) is 0.726. The van der Waals surface area contributed by atoms with Crippen LogP contribution in [0.25, 0.3) is 6.08 Å². The van der Waals surface area contributed by atoms with Crippen LogP contribution in [0, 0.1) is 0 Å². The van der Waals surface area contributed by atoms with Gasteiger partial charge < -0.3 is 4.81 Å². The van der Waals surface area contributed by atoms with Crippen molar-refractivity contribution in [3.63, 3.8) is 0 Å². The fourth-order valence-corrected chi connectivity index (χ4v) is 3.52. The Balaban J connectivity index is 1.69. The molecule has 1 nitrogen and oxygen atoms in total. The molecule has 21 heavy (non-hydrogen) atoms. The van der Waals surface area contributed by atoms with Crippen LogP contribution in [0.2, 0.25) is 5.82 Å². The van der Waals surface area contributed by atoms with Gasteiger partial charge in [0.15, 0.2) is 0 Å². The summed E-state index contributed by atoms with van der Waals surface area (Å²) >= 11 is 0. The second-order valence-electron chi connectivity index (χ2n) is 6.21. The first-order chi connectivity index (χ1) is 10.4. The van der Waals surface area contributed by atoms with Crippen molar-refractivity contribution in [3.8, 4) is 0 Å². The van der Waals surface area contributed by atoms with Gasteiger partial charge >= 0.3 is 0 Å². The highest BCUT2D eigenvalue weighted by Crippen LogP contribution is 2.41. The van der Waals surface area contributed by atoms with Crippen LogP contribution in [0.1, 0.15) is 30.4 Å². The highest BCUT2D eigenvalue weighted by atomic mass is 15.1. The molecule has 1 aliphatic heterocycles. The average molecular weight is 273 g/mol. The molecule has 2 aromatic rings. The SMILES string of the molecule is C1=Cc2ccccc2N(Cc2ccccc2)B1C1CCC1. The van der Waals surface area contributed by atoms with Gasteiger partial charge in [0.05, 0.1) is 0 Å². The first-order valence-corrected chi connectivity index (χ1v) is 7.99. The van der Waals surface area contributed by atoms with E-state index in [-0.39, 0.29) is 0 Å². The molecule has 1 fully saturated rings. The molecule has 2 heteroatoms. The number of para-hydroxylation sites is 1. The minimum atomic E-state index is 0.564. The van der Waals surface area contributed by atoms with Crippen molar-refractivity contribution in [2.75, 3.05) is 4.81 Å². The Morgan fingerprint density at radius 2 is 1.71 bits per heavy atom. The lowest BCUT2D eigenvalue weighted by Crippen LogP contribution is -2.45. The zero-order valence-electron chi connectivity index (χ0n) is 12.3. The Kier molecular flexibility index (Phi) is 3.31. The Morgan fingerprint density at radius 1 is 0.952 bits per heavy atom. The lowest BCUT2D eigenvalue weighted by atomic mass is 9.42. The predicted octanol–water partition coefficient (Wildman–Crippen LogP) is 4.80. The van der Waals surface area contributed by atoms with Gasteiger partial charge in [0.25, 0.3) is 6.85 Å². The van der Waals surface area contributed by atoms with Gasteiger partial charge in [-0.1, -0.05) is 79.8 Å². The minimum Gasteiger partial charge on any atom is -0.406 e. The first kappa shape index (κ1) is 12.8. The van der Waals surface area contributed by atoms with Crippen LogP contribution < -0.4 is 4.81 Å². The molecule has 1 saturated carbocycles. The molecule has 0 bridgehead atoms. The fraction of sp³-hybridized carbons (Fsp3) is 0.263. The normalized spacial score (nSPS) is 17.5. The zero-order chi connectivity index (χ0) is 14.1. The van der Waals surface area contributed by atoms with Crippen molar-refractivity contribution < 1.29 is 0 Å². The second kappa shape index (κ2) is 5.44. The van der Waals surface area contributed by atoms with Crippen LogP contribution in [0.3, 0.4) is 0 Å².